The Morgan fingerprint density at radius 2 is 2.20 bits per heavy atom. The molecule has 3 heterocycles. The van der Waals surface area contributed by atoms with Gasteiger partial charge in [-0.05, 0) is 19.8 Å². The molecule has 112 valence electrons. The Labute approximate surface area is 119 Å². The first kappa shape index (κ1) is 14.0. The molecule has 0 aliphatic carbocycles. The number of ether oxygens (including phenoxy) is 1. The summed E-state index contributed by atoms with van der Waals surface area (Å²) in [6.07, 6.45) is 2.22. The summed E-state index contributed by atoms with van der Waals surface area (Å²) in [6.45, 7) is 9.23. The quantitative estimate of drug-likeness (QED) is 0.897. The zero-order valence-corrected chi connectivity index (χ0v) is 12.3. The van der Waals surface area contributed by atoms with Crippen LogP contribution in [0.3, 0.4) is 0 Å². The van der Waals surface area contributed by atoms with Gasteiger partial charge in [0.25, 0.3) is 0 Å². The van der Waals surface area contributed by atoms with Crippen molar-refractivity contribution in [2.75, 3.05) is 32.8 Å². The highest BCUT2D eigenvalue weighted by molar-refractivity contribution is 5.02. The fraction of sp³-hybridized carbons (Fsp3) is 0.857. The molecule has 0 spiro atoms. The number of rotatable bonds is 4. The van der Waals surface area contributed by atoms with Crippen molar-refractivity contribution in [2.24, 2.45) is 0 Å². The molecule has 1 N–H and O–H groups in total. The summed E-state index contributed by atoms with van der Waals surface area (Å²) in [7, 11) is 0. The van der Waals surface area contributed by atoms with Crippen molar-refractivity contribution in [1.29, 1.82) is 0 Å². The van der Waals surface area contributed by atoms with E-state index in [2.05, 4.69) is 34.2 Å². The Morgan fingerprint density at radius 1 is 1.40 bits per heavy atom. The van der Waals surface area contributed by atoms with Crippen LogP contribution in [0, 0.1) is 0 Å². The van der Waals surface area contributed by atoms with Gasteiger partial charge in [-0.2, -0.15) is 4.98 Å². The van der Waals surface area contributed by atoms with Crippen LogP contribution in [-0.4, -0.2) is 53.9 Å². The maximum Gasteiger partial charge on any atom is 0.232 e. The maximum absolute atomic E-state index is 5.71. The minimum absolute atomic E-state index is 0.219. The first-order valence-electron chi connectivity index (χ1n) is 7.69. The first-order chi connectivity index (χ1) is 9.79. The molecule has 3 rings (SSSR count). The first-order valence-corrected chi connectivity index (χ1v) is 7.69. The summed E-state index contributed by atoms with van der Waals surface area (Å²) in [5.74, 6) is 1.84. The van der Waals surface area contributed by atoms with Crippen molar-refractivity contribution in [3.05, 3.63) is 11.7 Å². The van der Waals surface area contributed by atoms with E-state index in [0.29, 0.717) is 0 Å². The lowest BCUT2D eigenvalue weighted by atomic mass is 10.00. The highest BCUT2D eigenvalue weighted by atomic mass is 16.5. The van der Waals surface area contributed by atoms with Crippen LogP contribution in [0.5, 0.6) is 0 Å². The lowest BCUT2D eigenvalue weighted by Crippen LogP contribution is -2.44. The molecule has 0 bridgehead atoms. The monoisotopic (exact) mass is 280 g/mol. The smallest absolute Gasteiger partial charge is 0.232 e. The molecule has 20 heavy (non-hydrogen) atoms. The third-order valence-electron chi connectivity index (χ3n) is 4.46. The molecular weight excluding hydrogens is 256 g/mol. The van der Waals surface area contributed by atoms with E-state index in [-0.39, 0.29) is 18.1 Å². The van der Waals surface area contributed by atoms with Gasteiger partial charge in [0.15, 0.2) is 5.82 Å². The molecule has 2 aliphatic rings. The average Bonchev–Trinajstić information content (AvgIpc) is 3.15. The van der Waals surface area contributed by atoms with Gasteiger partial charge in [0.2, 0.25) is 5.89 Å². The summed E-state index contributed by atoms with van der Waals surface area (Å²) in [6, 6.07) is 0.219. The van der Waals surface area contributed by atoms with Gasteiger partial charge >= 0.3 is 0 Å². The van der Waals surface area contributed by atoms with Crippen LogP contribution < -0.4 is 5.32 Å². The molecule has 1 aromatic rings. The molecule has 0 amide bonds. The Balaban J connectivity index is 1.69. The zero-order chi connectivity index (χ0) is 13.9. The molecule has 3 atom stereocenters. The van der Waals surface area contributed by atoms with Crippen LogP contribution in [-0.2, 0) is 4.74 Å². The normalized spacial score (nSPS) is 29.7. The molecular formula is C14H24N4O2. The molecule has 2 fully saturated rings. The van der Waals surface area contributed by atoms with Gasteiger partial charge in [0.05, 0.1) is 18.1 Å². The maximum atomic E-state index is 5.71. The summed E-state index contributed by atoms with van der Waals surface area (Å²) < 4.78 is 11.2. The van der Waals surface area contributed by atoms with Crippen LogP contribution >= 0.6 is 0 Å². The third-order valence-corrected chi connectivity index (χ3v) is 4.46. The minimum atomic E-state index is 0.219. The predicted molar refractivity (Wildman–Crippen MR) is 74.5 cm³/mol. The Bertz CT molecular complexity index is 431. The summed E-state index contributed by atoms with van der Waals surface area (Å²) in [5, 5.41) is 7.56. The van der Waals surface area contributed by atoms with Crippen LogP contribution in [0.25, 0.3) is 0 Å². The molecule has 6 nitrogen and oxygen atoms in total. The molecule has 2 aliphatic heterocycles. The van der Waals surface area contributed by atoms with Crippen molar-refractivity contribution >= 4 is 0 Å². The van der Waals surface area contributed by atoms with Crippen LogP contribution in [0.4, 0.5) is 0 Å². The molecule has 0 radical (unpaired) electrons. The van der Waals surface area contributed by atoms with Crippen LogP contribution in [0.1, 0.15) is 50.4 Å². The van der Waals surface area contributed by atoms with Crippen LogP contribution in [0.2, 0.25) is 0 Å². The summed E-state index contributed by atoms with van der Waals surface area (Å²) in [4.78, 5) is 7.04. The van der Waals surface area contributed by atoms with Crippen molar-refractivity contribution in [3.63, 3.8) is 0 Å². The van der Waals surface area contributed by atoms with E-state index in [9.17, 15) is 0 Å². The Morgan fingerprint density at radius 3 is 2.95 bits per heavy atom. The molecule has 0 aromatic carbocycles. The second-order valence-electron chi connectivity index (χ2n) is 5.67. The second kappa shape index (κ2) is 6.20. The molecule has 3 unspecified atom stereocenters. The van der Waals surface area contributed by atoms with Gasteiger partial charge < -0.3 is 14.6 Å². The number of nitrogens with zero attached hydrogens (tertiary/aromatic N) is 3. The average molecular weight is 280 g/mol. The predicted octanol–water partition coefficient (Wildman–Crippen LogP) is 1.32. The van der Waals surface area contributed by atoms with Crippen molar-refractivity contribution in [3.8, 4) is 0 Å². The zero-order valence-electron chi connectivity index (χ0n) is 12.3. The van der Waals surface area contributed by atoms with E-state index in [1.54, 1.807) is 0 Å². The lowest BCUT2D eigenvalue weighted by molar-refractivity contribution is 0.0952. The van der Waals surface area contributed by atoms with E-state index in [1.807, 2.05) is 0 Å². The van der Waals surface area contributed by atoms with Gasteiger partial charge in [-0.15, -0.1) is 0 Å². The van der Waals surface area contributed by atoms with E-state index in [1.165, 1.54) is 0 Å². The second-order valence-corrected chi connectivity index (χ2v) is 5.67. The van der Waals surface area contributed by atoms with E-state index >= 15 is 0 Å². The number of aromatic nitrogens is 2. The standard InChI is InChI=1S/C14H24N4O2/c1-3-12-11(4-9-19-12)14-16-13(17-20-14)10(2)18-7-5-15-6-8-18/h10-12,15H,3-9H2,1-2H3. The highest BCUT2D eigenvalue weighted by Crippen LogP contribution is 2.32. The Kier molecular flexibility index (Phi) is 4.33. The lowest BCUT2D eigenvalue weighted by Gasteiger charge is -2.30. The summed E-state index contributed by atoms with van der Waals surface area (Å²) >= 11 is 0. The Hall–Kier alpha value is -0.980. The van der Waals surface area contributed by atoms with Crippen molar-refractivity contribution < 1.29 is 9.26 Å². The van der Waals surface area contributed by atoms with Gasteiger partial charge in [-0.1, -0.05) is 12.1 Å². The van der Waals surface area contributed by atoms with Gasteiger partial charge in [-0.3, -0.25) is 4.90 Å². The highest BCUT2D eigenvalue weighted by Gasteiger charge is 2.33. The van der Waals surface area contributed by atoms with Crippen molar-refractivity contribution in [2.45, 2.75) is 44.8 Å². The molecule has 6 heteroatoms. The van der Waals surface area contributed by atoms with Gasteiger partial charge in [-0.25, -0.2) is 0 Å². The molecule has 0 saturated carbocycles. The van der Waals surface area contributed by atoms with E-state index < -0.39 is 0 Å². The van der Waals surface area contributed by atoms with Crippen molar-refractivity contribution in [1.82, 2.24) is 20.4 Å². The van der Waals surface area contributed by atoms with E-state index in [0.717, 1.165) is 57.3 Å². The fourth-order valence-electron chi connectivity index (χ4n) is 3.13. The van der Waals surface area contributed by atoms with Crippen LogP contribution in [0.15, 0.2) is 4.52 Å². The number of piperazine rings is 1. The fourth-order valence-corrected chi connectivity index (χ4v) is 3.13. The SMILES string of the molecule is CCC1OCCC1c1nc(C(C)N2CCNCC2)no1. The number of hydrogen-bond donors (Lipinski definition) is 1. The largest absolute Gasteiger partial charge is 0.377 e. The molecule has 2 saturated heterocycles. The molecule has 1 aromatic heterocycles. The number of hydrogen-bond acceptors (Lipinski definition) is 6. The van der Waals surface area contributed by atoms with Gasteiger partial charge in [0.1, 0.15) is 0 Å². The minimum Gasteiger partial charge on any atom is -0.377 e. The topological polar surface area (TPSA) is 63.4 Å². The van der Waals surface area contributed by atoms with Gasteiger partial charge in [0, 0.05) is 32.8 Å². The summed E-state index contributed by atoms with van der Waals surface area (Å²) in [5.41, 5.74) is 0. The van der Waals surface area contributed by atoms with E-state index in [4.69, 9.17) is 9.26 Å². The number of nitrogens with one attached hydrogen (secondary N) is 1. The third kappa shape index (κ3) is 2.73.